The maximum absolute atomic E-state index is 12.2. The minimum atomic E-state index is -0.779. The summed E-state index contributed by atoms with van der Waals surface area (Å²) in [5, 5.41) is 9.56. The number of unbranched alkanes of at least 4 members (excludes halogenated alkanes) is 20. The maximum Gasteiger partial charge on any atom is 0.306 e. The van der Waals surface area contributed by atoms with Gasteiger partial charge < -0.3 is 14.6 Å². The Bertz CT molecular complexity index is 812. The van der Waals surface area contributed by atoms with Gasteiger partial charge in [0.05, 0.1) is 6.61 Å². The highest BCUT2D eigenvalue weighted by Crippen LogP contribution is 2.13. The third-order valence-electron chi connectivity index (χ3n) is 8.60. The van der Waals surface area contributed by atoms with Crippen LogP contribution in [0, 0.1) is 0 Å². The maximum atomic E-state index is 12.2. The number of aliphatic hydroxyl groups excluding tert-OH is 1. The second-order valence-electron chi connectivity index (χ2n) is 13.4. The van der Waals surface area contributed by atoms with E-state index in [4.69, 9.17) is 9.47 Å². The third-order valence-corrected chi connectivity index (χ3v) is 8.60. The molecule has 0 spiro atoms. The zero-order valence-electron chi connectivity index (χ0n) is 31.5. The molecule has 1 atom stereocenters. The predicted octanol–water partition coefficient (Wildman–Crippen LogP) is 12.6. The molecule has 0 aliphatic heterocycles. The van der Waals surface area contributed by atoms with E-state index in [0.29, 0.717) is 12.8 Å². The molecule has 0 heterocycles. The highest BCUT2D eigenvalue weighted by atomic mass is 16.6. The van der Waals surface area contributed by atoms with Gasteiger partial charge in [-0.25, -0.2) is 0 Å². The summed E-state index contributed by atoms with van der Waals surface area (Å²) in [5.74, 6) is -0.612. The molecule has 0 rings (SSSR count). The van der Waals surface area contributed by atoms with Crippen LogP contribution in [0.25, 0.3) is 0 Å². The van der Waals surface area contributed by atoms with Crippen molar-refractivity contribution in [3.05, 3.63) is 48.6 Å². The van der Waals surface area contributed by atoms with Gasteiger partial charge in [0.15, 0.2) is 6.10 Å². The highest BCUT2D eigenvalue weighted by Gasteiger charge is 2.16. The molecule has 0 radical (unpaired) electrons. The molecule has 1 N–H and O–H groups in total. The summed E-state index contributed by atoms with van der Waals surface area (Å²) in [7, 11) is 0. The molecule has 0 aromatic rings. The number of aliphatic hydroxyl groups is 1. The molecule has 5 nitrogen and oxygen atoms in total. The van der Waals surface area contributed by atoms with Crippen molar-refractivity contribution >= 4 is 11.9 Å². The molecule has 0 aliphatic rings. The van der Waals surface area contributed by atoms with E-state index in [1.807, 2.05) is 0 Å². The number of hydrogen-bond donors (Lipinski definition) is 1. The molecule has 48 heavy (non-hydrogen) atoms. The van der Waals surface area contributed by atoms with Crippen LogP contribution in [0.4, 0.5) is 0 Å². The molecule has 0 aliphatic carbocycles. The topological polar surface area (TPSA) is 72.8 Å². The average Bonchev–Trinajstić information content (AvgIpc) is 3.09. The number of allylic oxidation sites excluding steroid dienone is 8. The van der Waals surface area contributed by atoms with Crippen molar-refractivity contribution in [3.63, 3.8) is 0 Å². The number of esters is 2. The lowest BCUT2D eigenvalue weighted by molar-refractivity contribution is -0.161. The first-order valence-corrected chi connectivity index (χ1v) is 20.2. The number of carbonyl (C=O) groups is 2. The van der Waals surface area contributed by atoms with Crippen LogP contribution in [0.5, 0.6) is 0 Å². The Morgan fingerprint density at radius 3 is 1.23 bits per heavy atom. The summed E-state index contributed by atoms with van der Waals surface area (Å²) in [6, 6.07) is 0. The number of rotatable bonds is 36. The van der Waals surface area contributed by atoms with Gasteiger partial charge in [0.25, 0.3) is 0 Å². The van der Waals surface area contributed by atoms with Gasteiger partial charge in [0.1, 0.15) is 6.61 Å². The van der Waals surface area contributed by atoms with Crippen LogP contribution in [0.15, 0.2) is 48.6 Å². The van der Waals surface area contributed by atoms with Gasteiger partial charge in [-0.1, -0.05) is 152 Å². The Kier molecular flexibility index (Phi) is 37.5. The molecule has 0 aromatic heterocycles. The lowest BCUT2D eigenvalue weighted by Gasteiger charge is -2.15. The predicted molar refractivity (Wildman–Crippen MR) is 205 cm³/mol. The molecule has 0 bridgehead atoms. The number of carbonyl (C=O) groups excluding carboxylic acids is 2. The smallest absolute Gasteiger partial charge is 0.306 e. The summed E-state index contributed by atoms with van der Waals surface area (Å²) in [6.07, 6.45) is 48.8. The molecule has 0 amide bonds. The fourth-order valence-corrected chi connectivity index (χ4v) is 5.50. The summed E-state index contributed by atoms with van der Waals surface area (Å²) in [4.78, 5) is 24.3. The standard InChI is InChI=1S/C43H76O5/c1-3-5-7-9-11-13-15-17-19-20-21-22-24-26-28-30-32-34-36-38-43(46)48-41(39-44)40-47-42(45)37-35-33-31-29-27-25-23-18-16-14-12-10-8-6-4-2/h11-14,17-19,23,41,44H,3-10,15-16,20-22,24-40H2,1-2H3/t41-/m0/s1. The van der Waals surface area contributed by atoms with Gasteiger partial charge in [0, 0.05) is 12.8 Å². The molecule has 5 heteroatoms. The summed E-state index contributed by atoms with van der Waals surface area (Å²) in [6.45, 7) is 4.07. The Labute approximate surface area is 297 Å². The average molecular weight is 673 g/mol. The van der Waals surface area contributed by atoms with E-state index >= 15 is 0 Å². The molecule has 0 fully saturated rings. The SMILES string of the molecule is CCCCCC=CCC=CCCCCCCCCCCCC(=O)O[C@@H](CO)COC(=O)CCCCCCCC=CCC=CCCCCC. The van der Waals surface area contributed by atoms with Crippen molar-refractivity contribution in [2.45, 2.75) is 200 Å². The molecule has 0 saturated heterocycles. The van der Waals surface area contributed by atoms with E-state index in [-0.39, 0.29) is 25.2 Å². The van der Waals surface area contributed by atoms with Crippen molar-refractivity contribution in [3.8, 4) is 0 Å². The van der Waals surface area contributed by atoms with E-state index < -0.39 is 6.10 Å². The van der Waals surface area contributed by atoms with Gasteiger partial charge >= 0.3 is 11.9 Å². The minimum absolute atomic E-state index is 0.0752. The van der Waals surface area contributed by atoms with E-state index in [1.165, 1.54) is 109 Å². The van der Waals surface area contributed by atoms with Crippen molar-refractivity contribution in [1.29, 1.82) is 0 Å². The van der Waals surface area contributed by atoms with Gasteiger partial charge in [0.2, 0.25) is 0 Å². The molecule has 0 saturated carbocycles. The second kappa shape index (κ2) is 39.3. The Morgan fingerprint density at radius 2 is 0.833 bits per heavy atom. The van der Waals surface area contributed by atoms with Gasteiger partial charge in [-0.2, -0.15) is 0 Å². The van der Waals surface area contributed by atoms with Crippen LogP contribution < -0.4 is 0 Å². The monoisotopic (exact) mass is 673 g/mol. The van der Waals surface area contributed by atoms with Crippen molar-refractivity contribution in [1.82, 2.24) is 0 Å². The summed E-state index contributed by atoms with van der Waals surface area (Å²) >= 11 is 0. The Hall–Kier alpha value is -2.14. The van der Waals surface area contributed by atoms with Crippen LogP contribution in [-0.4, -0.2) is 36.4 Å². The molecule has 278 valence electrons. The highest BCUT2D eigenvalue weighted by molar-refractivity contribution is 5.70. The minimum Gasteiger partial charge on any atom is -0.462 e. The number of hydrogen-bond acceptors (Lipinski definition) is 5. The van der Waals surface area contributed by atoms with Crippen LogP contribution in [0.3, 0.4) is 0 Å². The van der Waals surface area contributed by atoms with Crippen LogP contribution in [0.1, 0.15) is 194 Å². The first kappa shape index (κ1) is 45.9. The fraction of sp³-hybridized carbons (Fsp3) is 0.767. The normalized spacial score (nSPS) is 12.6. The zero-order chi connectivity index (χ0) is 35.0. The fourth-order valence-electron chi connectivity index (χ4n) is 5.50. The van der Waals surface area contributed by atoms with Crippen LogP contribution in [-0.2, 0) is 19.1 Å². The second-order valence-corrected chi connectivity index (χ2v) is 13.4. The van der Waals surface area contributed by atoms with E-state index in [9.17, 15) is 14.7 Å². The van der Waals surface area contributed by atoms with E-state index in [2.05, 4.69) is 62.5 Å². The largest absolute Gasteiger partial charge is 0.462 e. The van der Waals surface area contributed by atoms with Crippen molar-refractivity contribution < 1.29 is 24.2 Å². The molecular weight excluding hydrogens is 596 g/mol. The molecule has 0 aromatic carbocycles. The quantitative estimate of drug-likeness (QED) is 0.0407. The van der Waals surface area contributed by atoms with Crippen LogP contribution in [0.2, 0.25) is 0 Å². The zero-order valence-corrected chi connectivity index (χ0v) is 31.5. The molecule has 0 unspecified atom stereocenters. The Morgan fingerprint density at radius 1 is 0.479 bits per heavy atom. The van der Waals surface area contributed by atoms with Gasteiger partial charge in [-0.05, 0) is 77.0 Å². The lowest BCUT2D eigenvalue weighted by atomic mass is 10.1. The first-order chi connectivity index (χ1) is 23.6. The van der Waals surface area contributed by atoms with E-state index in [0.717, 1.165) is 57.8 Å². The van der Waals surface area contributed by atoms with Gasteiger partial charge in [-0.15, -0.1) is 0 Å². The van der Waals surface area contributed by atoms with E-state index in [1.54, 1.807) is 0 Å². The van der Waals surface area contributed by atoms with Crippen LogP contribution >= 0.6 is 0 Å². The van der Waals surface area contributed by atoms with Gasteiger partial charge in [-0.3, -0.25) is 9.59 Å². The Balaban J connectivity index is 3.58. The third kappa shape index (κ3) is 36.7. The lowest BCUT2D eigenvalue weighted by Crippen LogP contribution is -2.28. The first-order valence-electron chi connectivity index (χ1n) is 20.2. The number of ether oxygens (including phenoxy) is 2. The van der Waals surface area contributed by atoms with Crippen molar-refractivity contribution in [2.75, 3.05) is 13.2 Å². The molecular formula is C43H76O5. The summed E-state index contributed by atoms with van der Waals surface area (Å²) < 4.78 is 10.6. The van der Waals surface area contributed by atoms with Crippen molar-refractivity contribution in [2.24, 2.45) is 0 Å². The summed E-state index contributed by atoms with van der Waals surface area (Å²) in [5.41, 5.74) is 0.